The molecule has 5 aliphatic carbocycles. The van der Waals surface area contributed by atoms with Crippen LogP contribution >= 0.6 is 0 Å². The van der Waals surface area contributed by atoms with Gasteiger partial charge in [-0.15, -0.1) is 0 Å². The maximum absolute atomic E-state index is 13.8. The average molecular weight is 501 g/mol. The monoisotopic (exact) mass is 500 g/mol. The Hall–Kier alpha value is -2.57. The van der Waals surface area contributed by atoms with Gasteiger partial charge < -0.3 is 19.9 Å². The van der Waals surface area contributed by atoms with Gasteiger partial charge >= 0.3 is 0 Å². The van der Waals surface area contributed by atoms with Gasteiger partial charge in [0.25, 0.3) is 0 Å². The van der Waals surface area contributed by atoms with Gasteiger partial charge in [0.15, 0.2) is 11.5 Å². The van der Waals surface area contributed by atoms with E-state index in [0.717, 1.165) is 55.2 Å². The van der Waals surface area contributed by atoms with Gasteiger partial charge in [-0.25, -0.2) is 0 Å². The molecule has 2 spiro atoms. The number of rotatable bonds is 6. The molecule has 6 atom stereocenters. The second kappa shape index (κ2) is 7.51. The normalized spacial score (nSPS) is 38.6. The molecule has 9 rings (SSSR count). The highest BCUT2D eigenvalue weighted by atomic mass is 16.5. The molecule has 0 aromatic heterocycles. The molecular formula is C31H36N2O4. The van der Waals surface area contributed by atoms with E-state index < -0.39 is 17.6 Å². The Morgan fingerprint density at radius 1 is 1.16 bits per heavy atom. The Labute approximate surface area is 218 Å². The fourth-order valence-corrected chi connectivity index (χ4v) is 9.43. The number of benzene rings is 2. The fraction of sp³-hybridized carbons (Fsp3) is 0.581. The summed E-state index contributed by atoms with van der Waals surface area (Å²) in [6.45, 7) is 2.69. The Balaban J connectivity index is 1.23. The van der Waals surface area contributed by atoms with E-state index in [0.29, 0.717) is 19.0 Å². The average Bonchev–Trinajstić information content (AvgIpc) is 3.66. The summed E-state index contributed by atoms with van der Waals surface area (Å²) >= 11 is 0. The Morgan fingerprint density at radius 2 is 2.00 bits per heavy atom. The van der Waals surface area contributed by atoms with Crippen LogP contribution in [-0.2, 0) is 23.2 Å². The number of fused-ring (bicyclic) bond motifs is 2. The summed E-state index contributed by atoms with van der Waals surface area (Å²) in [7, 11) is 1.70. The molecule has 1 saturated heterocycles. The van der Waals surface area contributed by atoms with Crippen LogP contribution in [0.2, 0.25) is 0 Å². The predicted molar refractivity (Wildman–Crippen MR) is 139 cm³/mol. The Bertz CT molecular complexity index is 1280. The molecule has 194 valence electrons. The number of likely N-dealkylation sites (tertiary alicyclic amines) is 1. The topological polar surface area (TPSA) is 71.0 Å². The highest BCUT2D eigenvalue weighted by Gasteiger charge is 2.81. The highest BCUT2D eigenvalue weighted by molar-refractivity contribution is 5.81. The molecule has 1 amide bonds. The van der Waals surface area contributed by atoms with Crippen LogP contribution in [0.3, 0.4) is 0 Å². The predicted octanol–water partition coefficient (Wildman–Crippen LogP) is 3.58. The number of carbonyl (C=O) groups excluding carboxylic acids is 1. The lowest BCUT2D eigenvalue weighted by atomic mass is 9.35. The van der Waals surface area contributed by atoms with Crippen LogP contribution in [0.5, 0.6) is 11.5 Å². The van der Waals surface area contributed by atoms with Gasteiger partial charge in [-0.05, 0) is 74.6 Å². The molecule has 2 aliphatic heterocycles. The number of nitrogens with one attached hydrogen (secondary N) is 1. The molecule has 6 nitrogen and oxygen atoms in total. The largest absolute Gasteiger partial charge is 0.493 e. The molecular weight excluding hydrogens is 464 g/mol. The molecule has 2 N–H and O–H groups in total. The molecule has 2 heterocycles. The molecule has 2 unspecified atom stereocenters. The zero-order chi connectivity index (χ0) is 25.0. The van der Waals surface area contributed by atoms with Crippen LogP contribution in [0.1, 0.15) is 55.2 Å². The number of hydrogen-bond donors (Lipinski definition) is 2. The van der Waals surface area contributed by atoms with Crippen LogP contribution in [-0.4, -0.2) is 53.9 Å². The zero-order valence-electron chi connectivity index (χ0n) is 21.5. The summed E-state index contributed by atoms with van der Waals surface area (Å²) in [5.41, 5.74) is 2.20. The number of hydrogen-bond acceptors (Lipinski definition) is 5. The molecule has 4 bridgehead atoms. The maximum atomic E-state index is 13.8. The summed E-state index contributed by atoms with van der Waals surface area (Å²) in [6.07, 6.45) is 6.54. The van der Waals surface area contributed by atoms with Crippen LogP contribution < -0.4 is 14.8 Å². The van der Waals surface area contributed by atoms with Crippen LogP contribution in [0, 0.1) is 17.3 Å². The number of nitrogens with zero attached hydrogens (tertiary/aromatic N) is 1. The first kappa shape index (κ1) is 22.4. The Kier molecular flexibility index (Phi) is 4.55. The number of carbonyl (C=O) groups is 1. The highest BCUT2D eigenvalue weighted by Crippen LogP contribution is 2.76. The first-order valence-corrected chi connectivity index (χ1v) is 14.2. The summed E-state index contributed by atoms with van der Waals surface area (Å²) in [4.78, 5) is 16.6. The van der Waals surface area contributed by atoms with Crippen molar-refractivity contribution in [2.45, 2.75) is 74.7 Å². The minimum Gasteiger partial charge on any atom is -0.493 e. The van der Waals surface area contributed by atoms with Gasteiger partial charge in [0.05, 0.1) is 13.0 Å². The van der Waals surface area contributed by atoms with E-state index in [1.807, 2.05) is 36.4 Å². The van der Waals surface area contributed by atoms with E-state index >= 15 is 0 Å². The lowest BCUT2D eigenvalue weighted by Crippen LogP contribution is -2.81. The van der Waals surface area contributed by atoms with Crippen molar-refractivity contribution in [2.24, 2.45) is 17.3 Å². The van der Waals surface area contributed by atoms with E-state index in [2.05, 4.69) is 16.3 Å². The molecule has 37 heavy (non-hydrogen) atoms. The Morgan fingerprint density at radius 3 is 2.78 bits per heavy atom. The standard InChI is InChI=1S/C31H36N2O4/c1-36-23-10-9-21-15-24-29-11-12-31(35,22(16-29)27(34)32-17-19-5-3-2-4-6-19)28-30(29,25(21)26(23)37-28)13-14-33(24)18-20-7-8-20/h2-6,9-10,20,22,24,28,35H,7-8,11-18H2,1H3,(H,32,34)/t22-,24?,28-,29?,30-,31-/m1/s1. The lowest BCUT2D eigenvalue weighted by molar-refractivity contribution is -0.264. The SMILES string of the molecule is COc1ccc2c3c1O[C@H]1[C@@]4(O)CCC5(C[C@@H]4C(=O)NCc4ccccc4)C(C2)N(CC2CC2)CC[C@@]315. The minimum absolute atomic E-state index is 0.0376. The summed E-state index contributed by atoms with van der Waals surface area (Å²) in [5.74, 6) is 1.89. The molecule has 2 aromatic carbocycles. The summed E-state index contributed by atoms with van der Waals surface area (Å²) in [6, 6.07) is 14.7. The van der Waals surface area contributed by atoms with Crippen molar-refractivity contribution in [3.8, 4) is 11.5 Å². The lowest BCUT2D eigenvalue weighted by Gasteiger charge is -2.73. The molecule has 7 aliphatic rings. The fourth-order valence-electron chi connectivity index (χ4n) is 9.43. The van der Waals surface area contributed by atoms with Gasteiger partial charge in [0, 0.05) is 35.5 Å². The van der Waals surface area contributed by atoms with E-state index in [1.54, 1.807) is 7.11 Å². The molecule has 2 aromatic rings. The third kappa shape index (κ3) is 2.76. The van der Waals surface area contributed by atoms with Crippen molar-refractivity contribution in [3.05, 3.63) is 59.2 Å². The van der Waals surface area contributed by atoms with Crippen LogP contribution in [0.15, 0.2) is 42.5 Å². The van der Waals surface area contributed by atoms with E-state index in [4.69, 9.17) is 9.47 Å². The van der Waals surface area contributed by atoms with Gasteiger partial charge in [0.2, 0.25) is 5.91 Å². The zero-order valence-corrected chi connectivity index (χ0v) is 21.5. The van der Waals surface area contributed by atoms with Gasteiger partial charge in [-0.1, -0.05) is 36.4 Å². The second-order valence-electron chi connectivity index (χ2n) is 12.6. The first-order chi connectivity index (χ1) is 18.0. The van der Waals surface area contributed by atoms with Crippen LogP contribution in [0.4, 0.5) is 0 Å². The van der Waals surface area contributed by atoms with E-state index in [1.165, 1.54) is 30.5 Å². The van der Waals surface area contributed by atoms with Crippen molar-refractivity contribution in [3.63, 3.8) is 0 Å². The number of aliphatic hydroxyl groups is 1. The van der Waals surface area contributed by atoms with Crippen molar-refractivity contribution >= 4 is 5.91 Å². The van der Waals surface area contributed by atoms with Crippen molar-refractivity contribution in [1.82, 2.24) is 10.2 Å². The minimum atomic E-state index is -1.19. The third-order valence-corrected chi connectivity index (χ3v) is 11.1. The number of piperidine rings is 1. The van der Waals surface area contributed by atoms with E-state index in [9.17, 15) is 9.90 Å². The van der Waals surface area contributed by atoms with Crippen molar-refractivity contribution in [1.29, 1.82) is 0 Å². The first-order valence-electron chi connectivity index (χ1n) is 14.2. The number of amides is 1. The number of ether oxygens (including phenoxy) is 2. The smallest absolute Gasteiger partial charge is 0.226 e. The van der Waals surface area contributed by atoms with Crippen LogP contribution in [0.25, 0.3) is 0 Å². The molecule has 6 heteroatoms. The number of methoxy groups -OCH3 is 1. The summed E-state index contributed by atoms with van der Waals surface area (Å²) < 4.78 is 12.6. The van der Waals surface area contributed by atoms with Gasteiger partial charge in [0.1, 0.15) is 11.7 Å². The van der Waals surface area contributed by atoms with Gasteiger partial charge in [-0.3, -0.25) is 9.69 Å². The van der Waals surface area contributed by atoms with Crippen molar-refractivity contribution in [2.75, 3.05) is 20.2 Å². The third-order valence-electron chi connectivity index (χ3n) is 11.1. The summed E-state index contributed by atoms with van der Waals surface area (Å²) in [5, 5.41) is 15.7. The molecule has 5 fully saturated rings. The van der Waals surface area contributed by atoms with Crippen molar-refractivity contribution < 1.29 is 19.4 Å². The maximum Gasteiger partial charge on any atom is 0.226 e. The van der Waals surface area contributed by atoms with E-state index in [-0.39, 0.29) is 16.7 Å². The quantitative estimate of drug-likeness (QED) is 0.635. The molecule has 4 saturated carbocycles. The van der Waals surface area contributed by atoms with Gasteiger partial charge in [-0.2, -0.15) is 0 Å². The second-order valence-corrected chi connectivity index (χ2v) is 12.6. The molecule has 0 radical (unpaired) electrons.